The van der Waals surface area contributed by atoms with E-state index in [9.17, 15) is 13.2 Å². The van der Waals surface area contributed by atoms with Crippen molar-refractivity contribution in [3.05, 3.63) is 0 Å². The molecule has 1 saturated heterocycles. The second kappa shape index (κ2) is 4.06. The molecule has 5 heteroatoms. The summed E-state index contributed by atoms with van der Waals surface area (Å²) in [4.78, 5) is 1.47. The molecule has 1 aliphatic heterocycles. The van der Waals surface area contributed by atoms with Gasteiger partial charge in [0.2, 0.25) is 0 Å². The van der Waals surface area contributed by atoms with E-state index in [-0.39, 0.29) is 5.54 Å². The predicted molar refractivity (Wildman–Crippen MR) is 49.2 cm³/mol. The van der Waals surface area contributed by atoms with Gasteiger partial charge in [-0.1, -0.05) is 0 Å². The number of halogens is 3. The Balaban J connectivity index is 2.36. The average Bonchev–Trinajstić information content (AvgIpc) is 2.07. The van der Waals surface area contributed by atoms with Crippen LogP contribution in [0.25, 0.3) is 0 Å². The van der Waals surface area contributed by atoms with E-state index >= 15 is 0 Å². The standard InChI is InChI=1S/C9H17F3N2/c1-8(13-2)3-5-14(6-4-8)7-9(10,11)12/h13H,3-7H2,1-2H3. The number of rotatable bonds is 2. The summed E-state index contributed by atoms with van der Waals surface area (Å²) < 4.78 is 36.2. The molecule has 2 nitrogen and oxygen atoms in total. The zero-order valence-electron chi connectivity index (χ0n) is 8.62. The minimum absolute atomic E-state index is 0.0160. The molecule has 1 aliphatic rings. The molecular formula is C9H17F3N2. The van der Waals surface area contributed by atoms with Gasteiger partial charge in [-0.15, -0.1) is 0 Å². The third-order valence-electron chi connectivity index (χ3n) is 2.97. The van der Waals surface area contributed by atoms with Gasteiger partial charge in [0.1, 0.15) is 0 Å². The Morgan fingerprint density at radius 2 is 1.79 bits per heavy atom. The van der Waals surface area contributed by atoms with E-state index in [1.54, 1.807) is 0 Å². The fourth-order valence-electron chi connectivity index (χ4n) is 1.71. The summed E-state index contributed by atoms with van der Waals surface area (Å²) in [7, 11) is 1.86. The van der Waals surface area contributed by atoms with Gasteiger partial charge in [0, 0.05) is 18.6 Å². The van der Waals surface area contributed by atoms with Crippen molar-refractivity contribution in [3.63, 3.8) is 0 Å². The van der Waals surface area contributed by atoms with Crippen LogP contribution in [0.4, 0.5) is 13.2 Å². The molecule has 0 amide bonds. The molecule has 1 heterocycles. The maximum Gasteiger partial charge on any atom is 0.401 e. The van der Waals surface area contributed by atoms with Crippen molar-refractivity contribution in [2.75, 3.05) is 26.7 Å². The SMILES string of the molecule is CNC1(C)CCN(CC(F)(F)F)CC1. The quantitative estimate of drug-likeness (QED) is 0.745. The molecule has 0 aromatic heterocycles. The maximum absolute atomic E-state index is 12.1. The first-order valence-corrected chi connectivity index (χ1v) is 4.83. The molecular weight excluding hydrogens is 193 g/mol. The summed E-state index contributed by atoms with van der Waals surface area (Å²) in [5, 5.41) is 3.16. The third-order valence-corrected chi connectivity index (χ3v) is 2.97. The van der Waals surface area contributed by atoms with E-state index in [1.807, 2.05) is 7.05 Å². The number of hydrogen-bond donors (Lipinski definition) is 1. The van der Waals surface area contributed by atoms with Crippen molar-refractivity contribution in [3.8, 4) is 0 Å². The number of nitrogens with zero attached hydrogens (tertiary/aromatic N) is 1. The van der Waals surface area contributed by atoms with Crippen LogP contribution in [0, 0.1) is 0 Å². The Morgan fingerprint density at radius 1 is 1.29 bits per heavy atom. The van der Waals surface area contributed by atoms with E-state index in [0.717, 1.165) is 12.8 Å². The van der Waals surface area contributed by atoms with Gasteiger partial charge in [-0.25, -0.2) is 0 Å². The molecule has 0 aliphatic carbocycles. The van der Waals surface area contributed by atoms with Gasteiger partial charge in [0.05, 0.1) is 6.54 Å². The van der Waals surface area contributed by atoms with Crippen LogP contribution < -0.4 is 5.32 Å². The van der Waals surface area contributed by atoms with Gasteiger partial charge in [0.25, 0.3) is 0 Å². The first-order chi connectivity index (χ1) is 6.35. The lowest BCUT2D eigenvalue weighted by molar-refractivity contribution is -0.149. The largest absolute Gasteiger partial charge is 0.401 e. The highest BCUT2D eigenvalue weighted by Crippen LogP contribution is 2.24. The van der Waals surface area contributed by atoms with E-state index in [2.05, 4.69) is 12.2 Å². The Labute approximate surface area is 82.5 Å². The van der Waals surface area contributed by atoms with Gasteiger partial charge in [0.15, 0.2) is 0 Å². The Morgan fingerprint density at radius 3 is 2.14 bits per heavy atom. The van der Waals surface area contributed by atoms with E-state index < -0.39 is 12.7 Å². The lowest BCUT2D eigenvalue weighted by Gasteiger charge is -2.39. The monoisotopic (exact) mass is 210 g/mol. The van der Waals surface area contributed by atoms with Crippen LogP contribution in [0.15, 0.2) is 0 Å². The van der Waals surface area contributed by atoms with Gasteiger partial charge in [-0.05, 0) is 26.8 Å². The zero-order valence-corrected chi connectivity index (χ0v) is 8.62. The Bertz CT molecular complexity index is 183. The van der Waals surface area contributed by atoms with Crippen LogP contribution in [0.2, 0.25) is 0 Å². The minimum Gasteiger partial charge on any atom is -0.314 e. The normalized spacial score (nSPS) is 23.8. The van der Waals surface area contributed by atoms with E-state index in [4.69, 9.17) is 0 Å². The lowest BCUT2D eigenvalue weighted by atomic mass is 9.90. The molecule has 1 rings (SSSR count). The Hall–Kier alpha value is -0.290. The van der Waals surface area contributed by atoms with Crippen LogP contribution >= 0.6 is 0 Å². The molecule has 0 unspecified atom stereocenters. The number of nitrogens with one attached hydrogen (secondary N) is 1. The molecule has 1 N–H and O–H groups in total. The highest BCUT2D eigenvalue weighted by atomic mass is 19.4. The maximum atomic E-state index is 12.1. The molecule has 14 heavy (non-hydrogen) atoms. The summed E-state index contributed by atoms with van der Waals surface area (Å²) in [6.45, 7) is 2.33. The summed E-state index contributed by atoms with van der Waals surface area (Å²) in [6, 6.07) is 0. The van der Waals surface area contributed by atoms with Crippen LogP contribution in [0.5, 0.6) is 0 Å². The van der Waals surface area contributed by atoms with Gasteiger partial charge in [-0.2, -0.15) is 13.2 Å². The third kappa shape index (κ3) is 3.46. The van der Waals surface area contributed by atoms with E-state index in [1.165, 1.54) is 4.90 Å². The highest BCUT2D eigenvalue weighted by molar-refractivity contribution is 4.88. The van der Waals surface area contributed by atoms with Gasteiger partial charge < -0.3 is 5.32 Å². The lowest BCUT2D eigenvalue weighted by Crippen LogP contribution is -2.51. The summed E-state index contributed by atoms with van der Waals surface area (Å²) in [5.41, 5.74) is 0.0160. The fraction of sp³-hybridized carbons (Fsp3) is 1.00. The molecule has 1 fully saturated rings. The van der Waals surface area contributed by atoms with Crippen molar-refractivity contribution in [1.82, 2.24) is 10.2 Å². The zero-order chi connectivity index (χ0) is 10.8. The fourth-order valence-corrected chi connectivity index (χ4v) is 1.71. The molecule has 0 aromatic carbocycles. The average molecular weight is 210 g/mol. The number of alkyl halides is 3. The molecule has 0 radical (unpaired) electrons. The van der Waals surface area contributed by atoms with Crippen LogP contribution in [-0.4, -0.2) is 43.3 Å². The van der Waals surface area contributed by atoms with Crippen molar-refractivity contribution in [2.45, 2.75) is 31.5 Å². The van der Waals surface area contributed by atoms with Crippen molar-refractivity contribution < 1.29 is 13.2 Å². The first kappa shape index (κ1) is 11.8. The second-order valence-corrected chi connectivity index (χ2v) is 4.20. The summed E-state index contributed by atoms with van der Waals surface area (Å²) in [5.74, 6) is 0. The van der Waals surface area contributed by atoms with Crippen molar-refractivity contribution in [2.24, 2.45) is 0 Å². The number of likely N-dealkylation sites (tertiary alicyclic amines) is 1. The van der Waals surface area contributed by atoms with Gasteiger partial charge >= 0.3 is 6.18 Å². The summed E-state index contributed by atoms with van der Waals surface area (Å²) >= 11 is 0. The molecule has 0 saturated carbocycles. The number of hydrogen-bond acceptors (Lipinski definition) is 2. The highest BCUT2D eigenvalue weighted by Gasteiger charge is 2.35. The molecule has 0 bridgehead atoms. The summed E-state index contributed by atoms with van der Waals surface area (Å²) in [6.07, 6.45) is -2.51. The van der Waals surface area contributed by atoms with Crippen molar-refractivity contribution >= 4 is 0 Å². The minimum atomic E-state index is -4.06. The van der Waals surface area contributed by atoms with Crippen LogP contribution in [0.3, 0.4) is 0 Å². The molecule has 0 atom stereocenters. The van der Waals surface area contributed by atoms with Crippen LogP contribution in [0.1, 0.15) is 19.8 Å². The topological polar surface area (TPSA) is 15.3 Å². The van der Waals surface area contributed by atoms with Gasteiger partial charge in [-0.3, -0.25) is 4.90 Å². The molecule has 0 aromatic rings. The smallest absolute Gasteiger partial charge is 0.314 e. The Kier molecular flexibility index (Phi) is 3.42. The number of piperidine rings is 1. The molecule has 0 spiro atoms. The first-order valence-electron chi connectivity index (χ1n) is 4.83. The van der Waals surface area contributed by atoms with Crippen LogP contribution in [-0.2, 0) is 0 Å². The van der Waals surface area contributed by atoms with E-state index in [0.29, 0.717) is 13.1 Å². The second-order valence-electron chi connectivity index (χ2n) is 4.20. The molecule has 84 valence electrons. The predicted octanol–water partition coefficient (Wildman–Crippen LogP) is 1.62. The van der Waals surface area contributed by atoms with Crippen molar-refractivity contribution in [1.29, 1.82) is 0 Å².